The summed E-state index contributed by atoms with van der Waals surface area (Å²) < 4.78 is 0. The summed E-state index contributed by atoms with van der Waals surface area (Å²) in [5, 5.41) is 20.1. The second-order valence-electron chi connectivity index (χ2n) is 4.42. The molecule has 0 aliphatic carbocycles. The molecule has 114 valence electrons. The molecule has 1 rings (SSSR count). The molecule has 1 aromatic rings. The van der Waals surface area contributed by atoms with Gasteiger partial charge >= 0.3 is 11.9 Å². The SMILES string of the molecule is Nc1cc(Cl)cc(C(=O)N[C@H](CCCC(=O)O)C(=O)O)c1. The van der Waals surface area contributed by atoms with Crippen molar-refractivity contribution < 1.29 is 24.6 Å². The van der Waals surface area contributed by atoms with Gasteiger partial charge in [0, 0.05) is 22.7 Å². The van der Waals surface area contributed by atoms with Gasteiger partial charge in [0.25, 0.3) is 5.91 Å². The molecular weight excluding hydrogens is 300 g/mol. The zero-order valence-electron chi connectivity index (χ0n) is 11.0. The van der Waals surface area contributed by atoms with Crippen LogP contribution in [0.5, 0.6) is 0 Å². The fourth-order valence-electron chi connectivity index (χ4n) is 1.70. The third kappa shape index (κ3) is 5.70. The van der Waals surface area contributed by atoms with Crippen molar-refractivity contribution in [2.45, 2.75) is 25.3 Å². The molecule has 0 unspecified atom stereocenters. The summed E-state index contributed by atoms with van der Waals surface area (Å²) in [5.41, 5.74) is 5.98. The molecule has 1 atom stereocenters. The number of hydrogen-bond acceptors (Lipinski definition) is 4. The van der Waals surface area contributed by atoms with Crippen LogP contribution in [-0.2, 0) is 9.59 Å². The molecule has 0 saturated heterocycles. The molecule has 1 amide bonds. The molecule has 0 fully saturated rings. The van der Waals surface area contributed by atoms with E-state index < -0.39 is 23.9 Å². The molecule has 1 aromatic carbocycles. The molecule has 0 aromatic heterocycles. The number of carbonyl (C=O) groups is 3. The third-order valence-electron chi connectivity index (χ3n) is 2.67. The second kappa shape index (κ2) is 7.49. The van der Waals surface area contributed by atoms with E-state index in [1.54, 1.807) is 0 Å². The Bertz CT molecular complexity index is 541. The predicted molar refractivity (Wildman–Crippen MR) is 76.2 cm³/mol. The maximum atomic E-state index is 12.0. The molecular formula is C13H15ClN2O5. The van der Waals surface area contributed by atoms with Crippen molar-refractivity contribution in [3.8, 4) is 0 Å². The zero-order chi connectivity index (χ0) is 16.0. The molecule has 0 saturated carbocycles. The van der Waals surface area contributed by atoms with Crippen LogP contribution in [0, 0.1) is 0 Å². The Balaban J connectivity index is 2.71. The normalized spacial score (nSPS) is 11.7. The highest BCUT2D eigenvalue weighted by molar-refractivity contribution is 6.31. The van der Waals surface area contributed by atoms with E-state index >= 15 is 0 Å². The molecule has 0 spiro atoms. The minimum atomic E-state index is -1.23. The highest BCUT2D eigenvalue weighted by atomic mass is 35.5. The van der Waals surface area contributed by atoms with Gasteiger partial charge in [-0.2, -0.15) is 0 Å². The first kappa shape index (κ1) is 16.8. The molecule has 0 aliphatic rings. The number of halogens is 1. The number of carboxylic acids is 2. The first-order valence-corrected chi connectivity index (χ1v) is 6.49. The first-order chi connectivity index (χ1) is 9.79. The summed E-state index contributed by atoms with van der Waals surface area (Å²) in [6, 6.07) is 3.03. The van der Waals surface area contributed by atoms with E-state index in [-0.39, 0.29) is 35.5 Å². The van der Waals surface area contributed by atoms with Crippen molar-refractivity contribution in [1.82, 2.24) is 5.32 Å². The van der Waals surface area contributed by atoms with Crippen molar-refractivity contribution in [2.24, 2.45) is 0 Å². The summed E-state index contributed by atoms with van der Waals surface area (Å²) in [6.07, 6.45) is -0.00253. The standard InChI is InChI=1S/C13H15ClN2O5/c14-8-4-7(5-9(15)6-8)12(19)16-10(13(20)21)2-1-3-11(17)18/h4-6,10H,1-3,15H2,(H,16,19)(H,17,18)(H,20,21)/t10-/m1/s1. The number of amides is 1. The molecule has 0 aliphatic heterocycles. The largest absolute Gasteiger partial charge is 0.481 e. The van der Waals surface area contributed by atoms with Gasteiger partial charge in [-0.3, -0.25) is 9.59 Å². The second-order valence-corrected chi connectivity index (χ2v) is 4.86. The van der Waals surface area contributed by atoms with Crippen LogP contribution in [0.15, 0.2) is 18.2 Å². The van der Waals surface area contributed by atoms with Crippen LogP contribution in [0.4, 0.5) is 5.69 Å². The lowest BCUT2D eigenvalue weighted by molar-refractivity contribution is -0.140. The highest BCUT2D eigenvalue weighted by Gasteiger charge is 2.21. The van der Waals surface area contributed by atoms with Crippen molar-refractivity contribution in [2.75, 3.05) is 5.73 Å². The van der Waals surface area contributed by atoms with E-state index in [1.165, 1.54) is 18.2 Å². The maximum absolute atomic E-state index is 12.0. The summed E-state index contributed by atoms with van der Waals surface area (Å²) >= 11 is 5.77. The van der Waals surface area contributed by atoms with Crippen LogP contribution in [0.2, 0.25) is 5.02 Å². The third-order valence-corrected chi connectivity index (χ3v) is 2.89. The minimum absolute atomic E-state index is 0.0173. The van der Waals surface area contributed by atoms with Gasteiger partial charge in [-0.25, -0.2) is 4.79 Å². The van der Waals surface area contributed by atoms with Gasteiger partial charge in [0.2, 0.25) is 0 Å². The van der Waals surface area contributed by atoms with Crippen molar-refractivity contribution >= 4 is 35.1 Å². The minimum Gasteiger partial charge on any atom is -0.481 e. The van der Waals surface area contributed by atoms with Gasteiger partial charge in [0.05, 0.1) is 0 Å². The number of anilines is 1. The van der Waals surface area contributed by atoms with Crippen LogP contribution >= 0.6 is 11.6 Å². The number of benzene rings is 1. The number of rotatable bonds is 7. The number of carbonyl (C=O) groups excluding carboxylic acids is 1. The number of aliphatic carboxylic acids is 2. The topological polar surface area (TPSA) is 130 Å². The van der Waals surface area contributed by atoms with Crippen molar-refractivity contribution in [3.63, 3.8) is 0 Å². The Morgan fingerprint density at radius 1 is 1.24 bits per heavy atom. The van der Waals surface area contributed by atoms with Gasteiger partial charge in [0.1, 0.15) is 6.04 Å². The first-order valence-electron chi connectivity index (χ1n) is 6.11. The summed E-state index contributed by atoms with van der Waals surface area (Å²) in [6.45, 7) is 0. The zero-order valence-corrected chi connectivity index (χ0v) is 11.8. The maximum Gasteiger partial charge on any atom is 0.326 e. The number of carboxylic acid groups (broad SMARTS) is 2. The Hall–Kier alpha value is -2.28. The fourth-order valence-corrected chi connectivity index (χ4v) is 1.94. The van der Waals surface area contributed by atoms with Gasteiger partial charge in [-0.1, -0.05) is 11.6 Å². The van der Waals surface area contributed by atoms with Crippen LogP contribution in [0.25, 0.3) is 0 Å². The monoisotopic (exact) mass is 314 g/mol. The van der Waals surface area contributed by atoms with E-state index in [0.29, 0.717) is 0 Å². The Labute approximate surface area is 125 Å². The van der Waals surface area contributed by atoms with Crippen molar-refractivity contribution in [3.05, 3.63) is 28.8 Å². The number of nitrogens with one attached hydrogen (secondary N) is 1. The fraction of sp³-hybridized carbons (Fsp3) is 0.308. The van der Waals surface area contributed by atoms with Gasteiger partial charge in [0.15, 0.2) is 0 Å². The average Bonchev–Trinajstić information content (AvgIpc) is 2.35. The molecule has 0 bridgehead atoms. The molecule has 0 radical (unpaired) electrons. The number of hydrogen-bond donors (Lipinski definition) is 4. The van der Waals surface area contributed by atoms with E-state index in [4.69, 9.17) is 27.5 Å². The molecule has 0 heterocycles. The molecule has 8 heteroatoms. The Morgan fingerprint density at radius 3 is 2.43 bits per heavy atom. The van der Waals surface area contributed by atoms with E-state index in [0.717, 1.165) is 0 Å². The summed E-state index contributed by atoms with van der Waals surface area (Å²) in [7, 11) is 0. The number of nitrogens with two attached hydrogens (primary N) is 1. The summed E-state index contributed by atoms with van der Waals surface area (Å²) in [4.78, 5) is 33.4. The summed E-state index contributed by atoms with van der Waals surface area (Å²) in [5.74, 6) is -2.89. The highest BCUT2D eigenvalue weighted by Crippen LogP contribution is 2.17. The Kier molecular flexibility index (Phi) is 5.98. The van der Waals surface area contributed by atoms with Crippen LogP contribution < -0.4 is 11.1 Å². The van der Waals surface area contributed by atoms with E-state index in [1.807, 2.05) is 0 Å². The van der Waals surface area contributed by atoms with Crippen LogP contribution in [-0.4, -0.2) is 34.1 Å². The smallest absolute Gasteiger partial charge is 0.326 e. The van der Waals surface area contributed by atoms with Crippen LogP contribution in [0.3, 0.4) is 0 Å². The van der Waals surface area contributed by atoms with Crippen LogP contribution in [0.1, 0.15) is 29.6 Å². The van der Waals surface area contributed by atoms with Gasteiger partial charge < -0.3 is 21.3 Å². The van der Waals surface area contributed by atoms with E-state index in [2.05, 4.69) is 5.32 Å². The van der Waals surface area contributed by atoms with Crippen molar-refractivity contribution in [1.29, 1.82) is 0 Å². The van der Waals surface area contributed by atoms with Gasteiger partial charge in [-0.15, -0.1) is 0 Å². The van der Waals surface area contributed by atoms with Gasteiger partial charge in [-0.05, 0) is 31.0 Å². The van der Waals surface area contributed by atoms with E-state index in [9.17, 15) is 14.4 Å². The Morgan fingerprint density at radius 2 is 1.90 bits per heavy atom. The molecule has 21 heavy (non-hydrogen) atoms. The lowest BCUT2D eigenvalue weighted by Crippen LogP contribution is -2.40. The lowest BCUT2D eigenvalue weighted by Gasteiger charge is -2.14. The predicted octanol–water partition coefficient (Wildman–Crippen LogP) is 1.36. The lowest BCUT2D eigenvalue weighted by atomic mass is 10.1. The molecule has 7 nitrogen and oxygen atoms in total. The average molecular weight is 315 g/mol. The quantitative estimate of drug-likeness (QED) is 0.562. The number of nitrogen functional groups attached to an aromatic ring is 1. The molecule has 5 N–H and O–H groups in total.